The highest BCUT2D eigenvalue weighted by Gasteiger charge is 2.16. The molecule has 1 aliphatic rings. The number of fused-ring (bicyclic) bond motifs is 2. The van der Waals surface area contributed by atoms with Gasteiger partial charge in [-0.2, -0.15) is 0 Å². The first-order valence-corrected chi connectivity index (χ1v) is 10.3. The number of nitrogens with zero attached hydrogens (tertiary/aromatic N) is 2. The van der Waals surface area contributed by atoms with Crippen LogP contribution in [0.5, 0.6) is 0 Å². The lowest BCUT2D eigenvalue weighted by molar-refractivity contribution is 0.466. The van der Waals surface area contributed by atoms with E-state index < -0.39 is 0 Å². The number of benzene rings is 2. The number of rotatable bonds is 4. The Morgan fingerprint density at radius 1 is 1.04 bits per heavy atom. The highest BCUT2D eigenvalue weighted by Crippen LogP contribution is 2.32. The summed E-state index contributed by atoms with van der Waals surface area (Å²) >= 11 is 1.43. The van der Waals surface area contributed by atoms with E-state index in [-0.39, 0.29) is 5.63 Å². The molecule has 0 N–H and O–H groups in total. The summed E-state index contributed by atoms with van der Waals surface area (Å²) in [5, 5.41) is 9.77. The van der Waals surface area contributed by atoms with E-state index in [2.05, 4.69) is 16.3 Å². The number of hydrogen-bond acceptors (Lipinski definition) is 6. The van der Waals surface area contributed by atoms with Crippen molar-refractivity contribution < 1.29 is 8.83 Å². The predicted molar refractivity (Wildman–Crippen MR) is 109 cm³/mol. The zero-order valence-corrected chi connectivity index (χ0v) is 16.2. The van der Waals surface area contributed by atoms with Gasteiger partial charge in [0.15, 0.2) is 0 Å². The van der Waals surface area contributed by atoms with E-state index in [4.69, 9.17) is 8.83 Å². The molecule has 5 rings (SSSR count). The summed E-state index contributed by atoms with van der Waals surface area (Å²) in [5.41, 5.74) is 5.95. The van der Waals surface area contributed by atoms with Crippen LogP contribution in [-0.2, 0) is 18.6 Å². The van der Waals surface area contributed by atoms with Gasteiger partial charge in [0.1, 0.15) is 5.58 Å². The molecule has 0 saturated carbocycles. The topological polar surface area (TPSA) is 69.1 Å². The molecule has 0 spiro atoms. The molecule has 2 aromatic heterocycles. The normalized spacial score (nSPS) is 13.2. The van der Waals surface area contributed by atoms with Crippen LogP contribution in [0.4, 0.5) is 0 Å². The van der Waals surface area contributed by atoms with Crippen LogP contribution in [0.25, 0.3) is 22.4 Å². The first kappa shape index (κ1) is 17.3. The van der Waals surface area contributed by atoms with Crippen molar-refractivity contribution >= 4 is 22.7 Å². The molecule has 0 unspecified atom stereocenters. The Morgan fingerprint density at radius 2 is 1.89 bits per heavy atom. The molecule has 2 heterocycles. The van der Waals surface area contributed by atoms with Crippen molar-refractivity contribution in [3.8, 4) is 11.5 Å². The van der Waals surface area contributed by atoms with Gasteiger partial charge in [-0.25, -0.2) is 4.79 Å². The van der Waals surface area contributed by atoms with E-state index in [1.807, 2.05) is 37.3 Å². The zero-order valence-electron chi connectivity index (χ0n) is 15.4. The fraction of sp³-hybridized carbons (Fsp3) is 0.227. The summed E-state index contributed by atoms with van der Waals surface area (Å²) in [6, 6.07) is 13.7. The summed E-state index contributed by atoms with van der Waals surface area (Å²) in [7, 11) is 0. The van der Waals surface area contributed by atoms with Gasteiger partial charge in [0.05, 0.1) is 0 Å². The molecule has 140 valence electrons. The first-order valence-electron chi connectivity index (χ1n) is 9.27. The quantitative estimate of drug-likeness (QED) is 0.363. The minimum atomic E-state index is -0.327. The van der Waals surface area contributed by atoms with Gasteiger partial charge in [-0.05, 0) is 67.1 Å². The lowest BCUT2D eigenvalue weighted by Gasteiger charge is -2.07. The Kier molecular flexibility index (Phi) is 4.28. The van der Waals surface area contributed by atoms with Gasteiger partial charge in [-0.3, -0.25) is 0 Å². The van der Waals surface area contributed by atoms with Crippen LogP contribution >= 0.6 is 11.8 Å². The predicted octanol–water partition coefficient (Wildman–Crippen LogP) is 4.93. The summed E-state index contributed by atoms with van der Waals surface area (Å²) in [6.07, 6.45) is 3.29. The van der Waals surface area contributed by atoms with Gasteiger partial charge in [0.25, 0.3) is 5.22 Å². The average Bonchev–Trinajstić information content (AvgIpc) is 3.33. The third kappa shape index (κ3) is 3.24. The fourth-order valence-corrected chi connectivity index (χ4v) is 4.47. The lowest BCUT2D eigenvalue weighted by Crippen LogP contribution is -2.01. The van der Waals surface area contributed by atoms with E-state index in [1.54, 1.807) is 6.07 Å². The SMILES string of the molecule is Cc1cccc(-c2nnc(SCc3cc(=O)oc4cc5c(cc34)CCC5)o2)c1. The minimum Gasteiger partial charge on any atom is -0.423 e. The second-order valence-corrected chi connectivity index (χ2v) is 8.02. The Labute approximate surface area is 165 Å². The molecule has 0 saturated heterocycles. The molecule has 0 amide bonds. The molecule has 4 aromatic rings. The van der Waals surface area contributed by atoms with Crippen molar-refractivity contribution in [2.45, 2.75) is 37.2 Å². The molecule has 0 aliphatic heterocycles. The molecule has 0 fully saturated rings. The molecule has 0 bridgehead atoms. The Bertz CT molecular complexity index is 1240. The Hall–Kier alpha value is -2.86. The van der Waals surface area contributed by atoms with E-state index in [1.165, 1.54) is 22.9 Å². The zero-order chi connectivity index (χ0) is 19.1. The standard InChI is InChI=1S/C22H18N2O3S/c1-13-4-2-7-16(8-13)21-23-24-22(27-21)28-12-17-11-20(25)26-19-10-15-6-3-5-14(15)9-18(17)19/h2,4,7-11H,3,5-6,12H2,1H3. The van der Waals surface area contributed by atoms with Gasteiger partial charge < -0.3 is 8.83 Å². The van der Waals surface area contributed by atoms with Crippen LogP contribution in [0.1, 0.15) is 28.7 Å². The average molecular weight is 390 g/mol. The molecular weight excluding hydrogens is 372 g/mol. The molecule has 0 atom stereocenters. The smallest absolute Gasteiger partial charge is 0.336 e. The van der Waals surface area contributed by atoms with Gasteiger partial charge in [-0.15, -0.1) is 10.2 Å². The van der Waals surface area contributed by atoms with Gasteiger partial charge >= 0.3 is 5.63 Å². The maximum absolute atomic E-state index is 12.0. The molecule has 5 nitrogen and oxygen atoms in total. The number of aromatic nitrogens is 2. The van der Waals surface area contributed by atoms with Gasteiger partial charge in [0.2, 0.25) is 5.89 Å². The number of hydrogen-bond donors (Lipinski definition) is 0. The van der Waals surface area contributed by atoms with E-state index >= 15 is 0 Å². The van der Waals surface area contributed by atoms with Crippen molar-refractivity contribution in [1.82, 2.24) is 10.2 Å². The fourth-order valence-electron chi connectivity index (χ4n) is 3.72. The molecule has 1 aliphatic carbocycles. The third-order valence-corrected chi connectivity index (χ3v) is 5.93. The van der Waals surface area contributed by atoms with Crippen molar-refractivity contribution in [2.75, 3.05) is 0 Å². The van der Waals surface area contributed by atoms with Crippen LogP contribution in [0.3, 0.4) is 0 Å². The van der Waals surface area contributed by atoms with E-state index in [0.29, 0.717) is 22.4 Å². The van der Waals surface area contributed by atoms with Gasteiger partial charge in [0, 0.05) is 22.8 Å². The van der Waals surface area contributed by atoms with E-state index in [9.17, 15) is 4.79 Å². The van der Waals surface area contributed by atoms with Crippen LogP contribution < -0.4 is 5.63 Å². The maximum Gasteiger partial charge on any atom is 0.336 e. The molecule has 6 heteroatoms. The van der Waals surface area contributed by atoms with Crippen LogP contribution in [0, 0.1) is 6.92 Å². The third-order valence-electron chi connectivity index (χ3n) is 5.07. The van der Waals surface area contributed by atoms with Gasteiger partial charge in [-0.1, -0.05) is 29.5 Å². The summed E-state index contributed by atoms with van der Waals surface area (Å²) in [6.45, 7) is 2.03. The van der Waals surface area contributed by atoms with Crippen molar-refractivity contribution in [3.05, 3.63) is 75.1 Å². The van der Waals surface area contributed by atoms with Crippen molar-refractivity contribution in [1.29, 1.82) is 0 Å². The molecular formula is C22H18N2O3S. The highest BCUT2D eigenvalue weighted by atomic mass is 32.2. The van der Waals surface area contributed by atoms with Crippen molar-refractivity contribution in [3.63, 3.8) is 0 Å². The Balaban J connectivity index is 1.43. The van der Waals surface area contributed by atoms with Crippen LogP contribution in [0.2, 0.25) is 0 Å². The lowest BCUT2D eigenvalue weighted by atomic mass is 10.0. The van der Waals surface area contributed by atoms with E-state index in [0.717, 1.165) is 41.3 Å². The minimum absolute atomic E-state index is 0.327. The number of aryl methyl sites for hydroxylation is 3. The molecule has 2 aromatic carbocycles. The number of thioether (sulfide) groups is 1. The monoisotopic (exact) mass is 390 g/mol. The molecule has 0 radical (unpaired) electrons. The summed E-state index contributed by atoms with van der Waals surface area (Å²) < 4.78 is 11.2. The second kappa shape index (κ2) is 6.95. The van der Waals surface area contributed by atoms with Crippen molar-refractivity contribution in [2.24, 2.45) is 0 Å². The summed E-state index contributed by atoms with van der Waals surface area (Å²) in [5.74, 6) is 1.07. The maximum atomic E-state index is 12.0. The second-order valence-electron chi connectivity index (χ2n) is 7.09. The van der Waals surface area contributed by atoms with Crippen LogP contribution in [0.15, 0.2) is 61.3 Å². The van der Waals surface area contributed by atoms with Crippen LogP contribution in [-0.4, -0.2) is 10.2 Å². The molecule has 28 heavy (non-hydrogen) atoms. The highest BCUT2D eigenvalue weighted by molar-refractivity contribution is 7.98. The largest absolute Gasteiger partial charge is 0.423 e. The summed E-state index contributed by atoms with van der Waals surface area (Å²) in [4.78, 5) is 12.0. The Morgan fingerprint density at radius 3 is 2.75 bits per heavy atom. The first-order chi connectivity index (χ1) is 13.7.